The lowest BCUT2D eigenvalue weighted by molar-refractivity contribution is -0.00866. The van der Waals surface area contributed by atoms with Crippen LogP contribution in [-0.4, -0.2) is 68.0 Å². The van der Waals surface area contributed by atoms with Gasteiger partial charge in [-0.05, 0) is 49.9 Å². The Hall–Kier alpha value is -2.39. The zero-order valence-electron chi connectivity index (χ0n) is 20.8. The van der Waals surface area contributed by atoms with Gasteiger partial charge in [0.2, 0.25) is 0 Å². The molecule has 8 nitrogen and oxygen atoms in total. The topological polar surface area (TPSA) is 103 Å². The number of piperidine rings is 1. The Morgan fingerprint density at radius 3 is 2.71 bits per heavy atom. The van der Waals surface area contributed by atoms with Gasteiger partial charge in [0.05, 0.1) is 12.7 Å². The largest absolute Gasteiger partial charge is 0.465 e. The van der Waals surface area contributed by atoms with E-state index in [1.165, 1.54) is 44.2 Å². The van der Waals surface area contributed by atoms with Gasteiger partial charge < -0.3 is 30.7 Å². The molecule has 35 heavy (non-hydrogen) atoms. The minimum Gasteiger partial charge on any atom is -0.465 e. The second kappa shape index (κ2) is 14.2. The standard InChI is InChI=1S/C26H41FN4O4/c1-28-17-23(15-19-7-3-2-4-8-19)30-25(32)31-13-6-10-21(18-31)24(35-14-12-29-26(33)34)20-9-5-11-22(27)16-20/h5,9,11,16,19,21,23-24,28-29H,2-4,6-8,10,12-15,17-18H2,1H3,(H,30,32)(H,33,34)/t21-,23+,24+/m1/s1. The lowest BCUT2D eigenvalue weighted by Gasteiger charge is -2.38. The number of carboxylic acid groups (broad SMARTS) is 1. The molecule has 3 rings (SSSR count). The normalized spacial score (nSPS) is 20.7. The summed E-state index contributed by atoms with van der Waals surface area (Å²) in [6.07, 6.45) is 7.50. The molecular formula is C26H41FN4O4. The predicted octanol–water partition coefficient (Wildman–Crippen LogP) is 4.13. The number of carbonyl (C=O) groups excluding carboxylic acids is 1. The molecule has 9 heteroatoms. The summed E-state index contributed by atoms with van der Waals surface area (Å²) in [5.41, 5.74) is 0.706. The lowest BCUT2D eigenvalue weighted by Crippen LogP contribution is -2.52. The fourth-order valence-corrected chi connectivity index (χ4v) is 5.50. The van der Waals surface area contributed by atoms with Crippen LogP contribution in [0.1, 0.15) is 63.0 Å². The van der Waals surface area contributed by atoms with Crippen molar-refractivity contribution in [3.8, 4) is 0 Å². The number of hydrogen-bond donors (Lipinski definition) is 4. The maximum absolute atomic E-state index is 14.0. The number of amides is 3. The van der Waals surface area contributed by atoms with Crippen molar-refractivity contribution in [3.63, 3.8) is 0 Å². The van der Waals surface area contributed by atoms with E-state index in [1.54, 1.807) is 6.07 Å². The summed E-state index contributed by atoms with van der Waals surface area (Å²) in [5.74, 6) is 0.312. The van der Waals surface area contributed by atoms with Crippen LogP contribution in [0.4, 0.5) is 14.0 Å². The summed E-state index contributed by atoms with van der Waals surface area (Å²) in [6, 6.07) is 6.36. The van der Waals surface area contributed by atoms with E-state index in [-0.39, 0.29) is 37.0 Å². The Labute approximate surface area is 208 Å². The van der Waals surface area contributed by atoms with E-state index in [2.05, 4.69) is 16.0 Å². The van der Waals surface area contributed by atoms with Crippen LogP contribution < -0.4 is 16.0 Å². The molecule has 0 bridgehead atoms. The number of halogens is 1. The maximum Gasteiger partial charge on any atom is 0.404 e. The van der Waals surface area contributed by atoms with Crippen LogP contribution in [0, 0.1) is 17.7 Å². The molecule has 2 aliphatic rings. The SMILES string of the molecule is CNC[C@H](CC1CCCCC1)NC(=O)N1CCC[C@@H]([C@@H](OCCNC(=O)O)c2cccc(F)c2)C1. The number of carbonyl (C=O) groups is 2. The first-order valence-electron chi connectivity index (χ1n) is 13.0. The average Bonchev–Trinajstić information content (AvgIpc) is 2.84. The third-order valence-electron chi connectivity index (χ3n) is 7.15. The van der Waals surface area contributed by atoms with Crippen molar-refractivity contribution in [2.75, 3.05) is 39.8 Å². The van der Waals surface area contributed by atoms with Crippen LogP contribution in [0.3, 0.4) is 0 Å². The number of hydrogen-bond acceptors (Lipinski definition) is 4. The zero-order valence-corrected chi connectivity index (χ0v) is 20.8. The monoisotopic (exact) mass is 492 g/mol. The van der Waals surface area contributed by atoms with Crippen LogP contribution in [0.5, 0.6) is 0 Å². The molecule has 3 atom stereocenters. The van der Waals surface area contributed by atoms with Crippen LogP contribution in [0.25, 0.3) is 0 Å². The molecule has 1 saturated carbocycles. The van der Waals surface area contributed by atoms with Crippen molar-refractivity contribution in [1.29, 1.82) is 0 Å². The van der Waals surface area contributed by atoms with Gasteiger partial charge in [0, 0.05) is 38.1 Å². The van der Waals surface area contributed by atoms with Crippen molar-refractivity contribution >= 4 is 12.1 Å². The van der Waals surface area contributed by atoms with Crippen LogP contribution in [0.2, 0.25) is 0 Å². The minimum atomic E-state index is -1.11. The van der Waals surface area contributed by atoms with Crippen molar-refractivity contribution < 1.29 is 23.8 Å². The van der Waals surface area contributed by atoms with E-state index in [9.17, 15) is 14.0 Å². The van der Waals surface area contributed by atoms with E-state index in [0.717, 1.165) is 25.8 Å². The van der Waals surface area contributed by atoms with Crippen molar-refractivity contribution in [3.05, 3.63) is 35.6 Å². The van der Waals surface area contributed by atoms with Gasteiger partial charge in [-0.3, -0.25) is 0 Å². The van der Waals surface area contributed by atoms with Crippen molar-refractivity contribution in [1.82, 2.24) is 20.9 Å². The number of benzene rings is 1. The third kappa shape index (κ3) is 8.96. The minimum absolute atomic E-state index is 0.0118. The fraction of sp³-hybridized carbons (Fsp3) is 0.692. The van der Waals surface area contributed by atoms with E-state index in [4.69, 9.17) is 9.84 Å². The van der Waals surface area contributed by atoms with Gasteiger partial charge in [-0.25, -0.2) is 14.0 Å². The first kappa shape index (κ1) is 27.2. The zero-order chi connectivity index (χ0) is 25.0. The molecule has 0 aromatic heterocycles. The second-order valence-electron chi connectivity index (χ2n) is 9.87. The molecule has 2 fully saturated rings. The summed E-state index contributed by atoms with van der Waals surface area (Å²) in [6.45, 7) is 2.24. The molecule has 1 aromatic rings. The average molecular weight is 493 g/mol. The molecule has 1 saturated heterocycles. The molecule has 4 N–H and O–H groups in total. The Morgan fingerprint density at radius 1 is 1.20 bits per heavy atom. The number of nitrogens with one attached hydrogen (secondary N) is 3. The van der Waals surface area contributed by atoms with E-state index < -0.39 is 12.2 Å². The number of likely N-dealkylation sites (tertiary alicyclic amines) is 1. The molecule has 1 heterocycles. The third-order valence-corrected chi connectivity index (χ3v) is 7.15. The highest BCUT2D eigenvalue weighted by molar-refractivity contribution is 5.74. The summed E-state index contributed by atoms with van der Waals surface area (Å²) in [7, 11) is 1.91. The number of rotatable bonds is 11. The Bertz CT molecular complexity index is 805. The molecule has 0 spiro atoms. The van der Waals surface area contributed by atoms with Gasteiger partial charge in [0.25, 0.3) is 0 Å². The van der Waals surface area contributed by atoms with Crippen LogP contribution in [0.15, 0.2) is 24.3 Å². The Balaban J connectivity index is 1.62. The van der Waals surface area contributed by atoms with Crippen LogP contribution in [-0.2, 0) is 4.74 Å². The summed E-state index contributed by atoms with van der Waals surface area (Å²) >= 11 is 0. The van der Waals surface area contributed by atoms with E-state index in [1.807, 2.05) is 18.0 Å². The molecular weight excluding hydrogens is 451 g/mol. The highest BCUT2D eigenvalue weighted by atomic mass is 19.1. The van der Waals surface area contributed by atoms with E-state index in [0.29, 0.717) is 24.6 Å². The first-order valence-corrected chi connectivity index (χ1v) is 13.0. The van der Waals surface area contributed by atoms with Crippen molar-refractivity contribution in [2.45, 2.75) is 63.5 Å². The summed E-state index contributed by atoms with van der Waals surface area (Å²) < 4.78 is 20.0. The Kier molecular flexibility index (Phi) is 11.1. The summed E-state index contributed by atoms with van der Waals surface area (Å²) in [5, 5.41) is 17.6. The highest BCUT2D eigenvalue weighted by Gasteiger charge is 2.32. The first-order chi connectivity index (χ1) is 17.0. The second-order valence-corrected chi connectivity index (χ2v) is 9.87. The van der Waals surface area contributed by atoms with Gasteiger partial charge in [0.15, 0.2) is 0 Å². The fourth-order valence-electron chi connectivity index (χ4n) is 5.50. The molecule has 196 valence electrons. The number of urea groups is 1. The molecule has 3 amide bonds. The Morgan fingerprint density at radius 2 is 2.00 bits per heavy atom. The molecule has 0 unspecified atom stereocenters. The molecule has 1 aliphatic heterocycles. The van der Waals surface area contributed by atoms with Gasteiger partial charge in [-0.15, -0.1) is 0 Å². The van der Waals surface area contributed by atoms with Crippen LogP contribution >= 0.6 is 0 Å². The number of likely N-dealkylation sites (N-methyl/N-ethyl adjacent to an activating group) is 1. The molecule has 0 radical (unpaired) electrons. The highest BCUT2D eigenvalue weighted by Crippen LogP contribution is 2.33. The number of ether oxygens (including phenoxy) is 1. The van der Waals surface area contributed by atoms with Gasteiger partial charge in [-0.2, -0.15) is 0 Å². The quantitative estimate of drug-likeness (QED) is 0.348. The predicted molar refractivity (Wildman–Crippen MR) is 133 cm³/mol. The summed E-state index contributed by atoms with van der Waals surface area (Å²) in [4.78, 5) is 25.8. The van der Waals surface area contributed by atoms with E-state index >= 15 is 0 Å². The van der Waals surface area contributed by atoms with Gasteiger partial charge >= 0.3 is 12.1 Å². The van der Waals surface area contributed by atoms with Gasteiger partial charge in [-0.1, -0.05) is 44.2 Å². The van der Waals surface area contributed by atoms with Crippen molar-refractivity contribution in [2.24, 2.45) is 11.8 Å². The molecule has 1 aromatic carbocycles. The molecule has 1 aliphatic carbocycles. The van der Waals surface area contributed by atoms with Gasteiger partial charge in [0.1, 0.15) is 5.82 Å². The maximum atomic E-state index is 14.0. The number of nitrogens with zero attached hydrogens (tertiary/aromatic N) is 1. The lowest BCUT2D eigenvalue weighted by atomic mass is 9.85. The smallest absolute Gasteiger partial charge is 0.404 e.